The van der Waals surface area contributed by atoms with Gasteiger partial charge in [0.25, 0.3) is 0 Å². The Balaban J connectivity index is 1.45. The van der Waals surface area contributed by atoms with Crippen LogP contribution in [0.5, 0.6) is 5.75 Å². The highest BCUT2D eigenvalue weighted by Crippen LogP contribution is 2.22. The van der Waals surface area contributed by atoms with Crippen LogP contribution in [-0.4, -0.2) is 25.1 Å². The third-order valence-electron chi connectivity index (χ3n) is 4.17. The Hall–Kier alpha value is -4.01. The second-order valence-electron chi connectivity index (χ2n) is 6.13. The average molecular weight is 389 g/mol. The van der Waals surface area contributed by atoms with Gasteiger partial charge < -0.3 is 20.2 Å². The minimum atomic E-state index is 0.127. The number of aryl methyl sites for hydroxylation is 1. The van der Waals surface area contributed by atoms with E-state index in [1.54, 1.807) is 12.1 Å². The fourth-order valence-electron chi connectivity index (χ4n) is 2.77. The topological polar surface area (TPSA) is 125 Å². The zero-order valence-corrected chi connectivity index (χ0v) is 15.7. The van der Waals surface area contributed by atoms with Crippen LogP contribution in [0.3, 0.4) is 0 Å². The summed E-state index contributed by atoms with van der Waals surface area (Å²) in [6.07, 6.45) is 2.18. The lowest BCUT2D eigenvalue weighted by molar-refractivity contribution is 0.296. The molecule has 146 valence electrons. The van der Waals surface area contributed by atoms with E-state index in [1.807, 2.05) is 30.3 Å². The van der Waals surface area contributed by atoms with Gasteiger partial charge in [-0.3, -0.25) is 0 Å². The molecule has 0 amide bonds. The molecular formula is C20H19N7O2. The number of hydrogen-bond acceptors (Lipinski definition) is 9. The lowest BCUT2D eigenvalue weighted by Crippen LogP contribution is -2.10. The number of benzene rings is 2. The van der Waals surface area contributed by atoms with Gasteiger partial charge in [-0.1, -0.05) is 25.1 Å². The van der Waals surface area contributed by atoms with Gasteiger partial charge in [0, 0.05) is 11.3 Å². The first-order valence-electron chi connectivity index (χ1n) is 9.06. The quantitative estimate of drug-likeness (QED) is 0.489. The smallest absolute Gasteiger partial charge is 0.247 e. The largest absolute Gasteiger partial charge is 0.486 e. The number of nitrogens with two attached hydrogens (primary N) is 1. The van der Waals surface area contributed by atoms with E-state index >= 15 is 0 Å². The molecule has 2 aromatic carbocycles. The molecular weight excluding hydrogens is 370 g/mol. The molecule has 2 heterocycles. The molecule has 0 aliphatic heterocycles. The van der Waals surface area contributed by atoms with E-state index < -0.39 is 0 Å². The SMILES string of the molecule is CCc1ccccc1Nc1nc(N)nc(COc2ccc(-c3nnco3)cc2)n1. The molecule has 0 radical (unpaired) electrons. The molecule has 0 fully saturated rings. The molecule has 2 aromatic heterocycles. The summed E-state index contributed by atoms with van der Waals surface area (Å²) in [5.41, 5.74) is 8.74. The van der Waals surface area contributed by atoms with Crippen LogP contribution in [0.1, 0.15) is 18.3 Å². The Labute approximate surface area is 167 Å². The van der Waals surface area contributed by atoms with Crippen LogP contribution in [0.25, 0.3) is 11.5 Å². The van der Waals surface area contributed by atoms with E-state index in [0.717, 1.165) is 23.2 Å². The fraction of sp³-hybridized carbons (Fsp3) is 0.150. The summed E-state index contributed by atoms with van der Waals surface area (Å²) in [7, 11) is 0. The molecule has 0 aliphatic carbocycles. The van der Waals surface area contributed by atoms with Gasteiger partial charge >= 0.3 is 0 Å². The van der Waals surface area contributed by atoms with Crippen LogP contribution in [0.4, 0.5) is 17.6 Å². The molecule has 0 atom stereocenters. The minimum Gasteiger partial charge on any atom is -0.486 e. The van der Waals surface area contributed by atoms with Crippen molar-refractivity contribution in [1.82, 2.24) is 25.1 Å². The molecule has 0 bridgehead atoms. The zero-order valence-electron chi connectivity index (χ0n) is 15.7. The molecule has 9 heteroatoms. The Morgan fingerprint density at radius 2 is 1.86 bits per heavy atom. The van der Waals surface area contributed by atoms with Crippen molar-refractivity contribution in [3.8, 4) is 17.2 Å². The van der Waals surface area contributed by atoms with E-state index in [-0.39, 0.29) is 12.6 Å². The molecule has 4 aromatic rings. The van der Waals surface area contributed by atoms with Gasteiger partial charge in [0.1, 0.15) is 12.4 Å². The van der Waals surface area contributed by atoms with Gasteiger partial charge in [0.05, 0.1) is 0 Å². The summed E-state index contributed by atoms with van der Waals surface area (Å²) in [5, 5.41) is 10.7. The summed E-state index contributed by atoms with van der Waals surface area (Å²) in [5.74, 6) is 2.03. The van der Waals surface area contributed by atoms with Crippen LogP contribution in [0, 0.1) is 0 Å². The van der Waals surface area contributed by atoms with Gasteiger partial charge in [-0.2, -0.15) is 15.0 Å². The normalized spacial score (nSPS) is 10.7. The van der Waals surface area contributed by atoms with E-state index in [9.17, 15) is 0 Å². The highest BCUT2D eigenvalue weighted by molar-refractivity contribution is 5.59. The van der Waals surface area contributed by atoms with Gasteiger partial charge in [0.15, 0.2) is 5.82 Å². The number of nitrogens with zero attached hydrogens (tertiary/aromatic N) is 5. The lowest BCUT2D eigenvalue weighted by atomic mass is 10.1. The van der Waals surface area contributed by atoms with Crippen molar-refractivity contribution < 1.29 is 9.15 Å². The first-order chi connectivity index (χ1) is 14.2. The maximum Gasteiger partial charge on any atom is 0.247 e. The molecule has 0 saturated heterocycles. The molecule has 0 unspecified atom stereocenters. The van der Waals surface area contributed by atoms with Crippen LogP contribution in [0.15, 0.2) is 59.3 Å². The van der Waals surface area contributed by atoms with E-state index in [1.165, 1.54) is 6.39 Å². The highest BCUT2D eigenvalue weighted by Gasteiger charge is 2.09. The summed E-state index contributed by atoms with van der Waals surface area (Å²) in [6.45, 7) is 2.24. The van der Waals surface area contributed by atoms with Crippen molar-refractivity contribution in [2.75, 3.05) is 11.1 Å². The van der Waals surface area contributed by atoms with Gasteiger partial charge in [-0.15, -0.1) is 10.2 Å². The monoisotopic (exact) mass is 389 g/mol. The Morgan fingerprint density at radius 1 is 1.03 bits per heavy atom. The third-order valence-corrected chi connectivity index (χ3v) is 4.17. The molecule has 29 heavy (non-hydrogen) atoms. The minimum absolute atomic E-state index is 0.127. The Kier molecular flexibility index (Phi) is 5.28. The third kappa shape index (κ3) is 4.46. The number of hydrogen-bond donors (Lipinski definition) is 2. The number of aromatic nitrogens is 5. The predicted octanol–water partition coefficient (Wildman–Crippen LogP) is 3.39. The Bertz CT molecular complexity index is 1080. The van der Waals surface area contributed by atoms with Gasteiger partial charge in [0.2, 0.25) is 24.2 Å². The lowest BCUT2D eigenvalue weighted by Gasteiger charge is -2.11. The van der Waals surface area contributed by atoms with Crippen molar-refractivity contribution >= 4 is 17.6 Å². The van der Waals surface area contributed by atoms with Crippen LogP contribution in [-0.2, 0) is 13.0 Å². The summed E-state index contributed by atoms with van der Waals surface area (Å²) >= 11 is 0. The first kappa shape index (κ1) is 18.4. The number of nitrogen functional groups attached to an aromatic ring is 1. The van der Waals surface area contributed by atoms with Gasteiger partial charge in [-0.05, 0) is 42.3 Å². The number of anilines is 3. The molecule has 9 nitrogen and oxygen atoms in total. The van der Waals surface area contributed by atoms with Crippen molar-refractivity contribution in [2.45, 2.75) is 20.0 Å². The molecule has 4 rings (SSSR count). The number of ether oxygens (including phenoxy) is 1. The predicted molar refractivity (Wildman–Crippen MR) is 107 cm³/mol. The summed E-state index contributed by atoms with van der Waals surface area (Å²) in [6, 6.07) is 15.2. The number of rotatable bonds is 7. The van der Waals surface area contributed by atoms with Crippen molar-refractivity contribution in [3.05, 3.63) is 66.3 Å². The zero-order chi connectivity index (χ0) is 20.1. The van der Waals surface area contributed by atoms with Crippen molar-refractivity contribution in [1.29, 1.82) is 0 Å². The summed E-state index contributed by atoms with van der Waals surface area (Å²) in [4.78, 5) is 12.7. The number of nitrogens with one attached hydrogen (secondary N) is 1. The van der Waals surface area contributed by atoms with E-state index in [4.69, 9.17) is 14.9 Å². The molecule has 0 aliphatic rings. The van der Waals surface area contributed by atoms with Crippen LogP contribution >= 0.6 is 0 Å². The maximum atomic E-state index is 5.85. The second kappa shape index (κ2) is 8.34. The highest BCUT2D eigenvalue weighted by atomic mass is 16.5. The molecule has 0 saturated carbocycles. The number of para-hydroxylation sites is 1. The fourth-order valence-corrected chi connectivity index (χ4v) is 2.77. The van der Waals surface area contributed by atoms with Crippen LogP contribution < -0.4 is 15.8 Å². The van der Waals surface area contributed by atoms with Crippen molar-refractivity contribution in [3.63, 3.8) is 0 Å². The average Bonchev–Trinajstić information content (AvgIpc) is 3.28. The standard InChI is InChI=1S/C20H19N7O2/c1-2-13-5-3-4-6-16(13)23-20-25-17(24-19(21)26-20)11-28-15-9-7-14(8-10-15)18-27-22-12-29-18/h3-10,12H,2,11H2,1H3,(H3,21,23,24,25,26). The first-order valence-corrected chi connectivity index (χ1v) is 9.06. The Morgan fingerprint density at radius 3 is 2.62 bits per heavy atom. The van der Waals surface area contributed by atoms with E-state index in [0.29, 0.717) is 23.4 Å². The molecule has 0 spiro atoms. The summed E-state index contributed by atoms with van der Waals surface area (Å²) < 4.78 is 10.9. The second-order valence-corrected chi connectivity index (χ2v) is 6.13. The van der Waals surface area contributed by atoms with Crippen molar-refractivity contribution in [2.24, 2.45) is 0 Å². The van der Waals surface area contributed by atoms with Gasteiger partial charge in [-0.25, -0.2) is 0 Å². The van der Waals surface area contributed by atoms with Crippen LogP contribution in [0.2, 0.25) is 0 Å². The maximum absolute atomic E-state index is 5.85. The molecule has 3 N–H and O–H groups in total. The van der Waals surface area contributed by atoms with E-state index in [2.05, 4.69) is 43.5 Å².